The molecule has 1 heterocycles. The van der Waals surface area contributed by atoms with E-state index in [0.29, 0.717) is 12.0 Å². The van der Waals surface area contributed by atoms with Crippen LogP contribution in [-0.2, 0) is 18.6 Å². The van der Waals surface area contributed by atoms with Crippen molar-refractivity contribution in [2.75, 3.05) is 0 Å². The molecule has 0 spiro atoms. The summed E-state index contributed by atoms with van der Waals surface area (Å²) >= 11 is 0. The largest absolute Gasteiger partial charge is 0.385 e. The summed E-state index contributed by atoms with van der Waals surface area (Å²) in [5, 5.41) is 10.5. The molecule has 96 valence electrons. The Hall–Kier alpha value is -1.68. The van der Waals surface area contributed by atoms with Crippen molar-refractivity contribution in [1.29, 1.82) is 0 Å². The molecule has 2 rings (SSSR count). The number of aryl methyl sites for hydroxylation is 1. The second-order valence-electron chi connectivity index (χ2n) is 4.59. The van der Waals surface area contributed by atoms with E-state index in [-0.39, 0.29) is 5.82 Å². The molecule has 0 radical (unpaired) electrons. The van der Waals surface area contributed by atoms with Gasteiger partial charge in [0.2, 0.25) is 0 Å². The Morgan fingerprint density at radius 1 is 1.44 bits per heavy atom. The molecular formula is C14H17FN2O. The number of benzene rings is 1. The van der Waals surface area contributed by atoms with Crippen LogP contribution in [0, 0.1) is 5.82 Å². The van der Waals surface area contributed by atoms with Gasteiger partial charge in [0.05, 0.1) is 5.60 Å². The van der Waals surface area contributed by atoms with Gasteiger partial charge in [0.25, 0.3) is 0 Å². The van der Waals surface area contributed by atoms with Gasteiger partial charge in [0, 0.05) is 25.4 Å². The van der Waals surface area contributed by atoms with E-state index in [1.165, 1.54) is 12.1 Å². The third kappa shape index (κ3) is 2.59. The fourth-order valence-corrected chi connectivity index (χ4v) is 2.03. The number of rotatable bonds is 4. The van der Waals surface area contributed by atoms with E-state index >= 15 is 0 Å². The predicted molar refractivity (Wildman–Crippen MR) is 67.6 cm³/mol. The highest BCUT2D eigenvalue weighted by Crippen LogP contribution is 2.25. The molecule has 0 saturated carbocycles. The van der Waals surface area contributed by atoms with Crippen molar-refractivity contribution in [2.24, 2.45) is 0 Å². The van der Waals surface area contributed by atoms with Crippen LogP contribution in [0.3, 0.4) is 0 Å². The monoisotopic (exact) mass is 248 g/mol. The van der Waals surface area contributed by atoms with Crippen LogP contribution in [0.5, 0.6) is 0 Å². The zero-order chi connectivity index (χ0) is 13.2. The molecule has 0 aliphatic carbocycles. The number of aliphatic hydroxyl groups is 1. The molecule has 0 aliphatic rings. The van der Waals surface area contributed by atoms with Gasteiger partial charge in [0.15, 0.2) is 0 Å². The normalized spacial score (nSPS) is 14.4. The third-order valence-electron chi connectivity index (χ3n) is 3.09. The maximum Gasteiger partial charge on any atom is 0.123 e. The van der Waals surface area contributed by atoms with Crippen LogP contribution >= 0.6 is 0 Å². The van der Waals surface area contributed by atoms with Crippen molar-refractivity contribution in [2.45, 2.75) is 32.4 Å². The van der Waals surface area contributed by atoms with Gasteiger partial charge in [0.1, 0.15) is 11.6 Å². The van der Waals surface area contributed by atoms with Crippen molar-refractivity contribution < 1.29 is 9.50 Å². The Bertz CT molecular complexity index is 534. The molecule has 1 N–H and O–H groups in total. The average Bonchev–Trinajstić information content (AvgIpc) is 2.75. The van der Waals surface area contributed by atoms with E-state index in [1.807, 2.05) is 17.7 Å². The lowest BCUT2D eigenvalue weighted by atomic mass is 9.92. The van der Waals surface area contributed by atoms with Crippen LogP contribution in [0.1, 0.15) is 25.2 Å². The second-order valence-corrected chi connectivity index (χ2v) is 4.59. The minimum atomic E-state index is -1.12. The van der Waals surface area contributed by atoms with Gasteiger partial charge in [-0.1, -0.05) is 12.1 Å². The van der Waals surface area contributed by atoms with Crippen molar-refractivity contribution >= 4 is 0 Å². The zero-order valence-electron chi connectivity index (χ0n) is 10.6. The molecule has 0 fully saturated rings. The number of hydrogen-bond donors (Lipinski definition) is 1. The van der Waals surface area contributed by atoms with E-state index < -0.39 is 5.60 Å². The van der Waals surface area contributed by atoms with Crippen LogP contribution in [-0.4, -0.2) is 14.7 Å². The first kappa shape index (κ1) is 12.8. The summed E-state index contributed by atoms with van der Waals surface area (Å²) in [6.45, 7) is 4.49. The molecule has 3 nitrogen and oxygen atoms in total. The molecule has 2 aromatic rings. The Kier molecular flexibility index (Phi) is 3.48. The van der Waals surface area contributed by atoms with Gasteiger partial charge in [-0.15, -0.1) is 0 Å². The van der Waals surface area contributed by atoms with Crippen LogP contribution < -0.4 is 0 Å². The summed E-state index contributed by atoms with van der Waals surface area (Å²) in [5.74, 6) is 0.457. The molecule has 1 unspecified atom stereocenters. The summed E-state index contributed by atoms with van der Waals surface area (Å²) in [4.78, 5) is 4.23. The summed E-state index contributed by atoms with van der Waals surface area (Å²) in [7, 11) is 0. The summed E-state index contributed by atoms with van der Waals surface area (Å²) in [5.41, 5.74) is -0.562. The Labute approximate surface area is 106 Å². The molecule has 1 aromatic carbocycles. The van der Waals surface area contributed by atoms with Gasteiger partial charge in [-0.2, -0.15) is 0 Å². The molecule has 4 heteroatoms. The van der Waals surface area contributed by atoms with E-state index in [2.05, 4.69) is 4.98 Å². The molecule has 0 amide bonds. The van der Waals surface area contributed by atoms with Crippen molar-refractivity contribution in [1.82, 2.24) is 9.55 Å². The number of halogens is 1. The van der Waals surface area contributed by atoms with Crippen LogP contribution in [0.4, 0.5) is 4.39 Å². The van der Waals surface area contributed by atoms with Gasteiger partial charge in [-0.25, -0.2) is 9.37 Å². The summed E-state index contributed by atoms with van der Waals surface area (Å²) in [6, 6.07) is 6.06. The van der Waals surface area contributed by atoms with Crippen molar-refractivity contribution in [3.63, 3.8) is 0 Å². The van der Waals surface area contributed by atoms with Crippen LogP contribution in [0.25, 0.3) is 0 Å². The smallest absolute Gasteiger partial charge is 0.123 e. The van der Waals surface area contributed by atoms with E-state index in [9.17, 15) is 9.50 Å². The minimum Gasteiger partial charge on any atom is -0.385 e. The molecule has 0 aliphatic heterocycles. The van der Waals surface area contributed by atoms with E-state index in [4.69, 9.17) is 0 Å². The Balaban J connectivity index is 2.26. The first-order valence-corrected chi connectivity index (χ1v) is 6.01. The Morgan fingerprint density at radius 3 is 2.89 bits per heavy atom. The standard InChI is InChI=1S/C14H17FN2O/c1-3-17-8-7-16-13(17)10-14(2,18)11-5-4-6-12(15)9-11/h4-9,18H,3,10H2,1-2H3. The number of hydrogen-bond acceptors (Lipinski definition) is 2. The zero-order valence-corrected chi connectivity index (χ0v) is 10.6. The first-order chi connectivity index (χ1) is 8.53. The van der Waals surface area contributed by atoms with Gasteiger partial charge < -0.3 is 9.67 Å². The van der Waals surface area contributed by atoms with Crippen molar-refractivity contribution in [3.8, 4) is 0 Å². The summed E-state index contributed by atoms with van der Waals surface area (Å²) < 4.78 is 15.2. The first-order valence-electron chi connectivity index (χ1n) is 6.01. The van der Waals surface area contributed by atoms with Crippen LogP contribution in [0.15, 0.2) is 36.7 Å². The molecule has 0 bridgehead atoms. The molecular weight excluding hydrogens is 231 g/mol. The fraction of sp³-hybridized carbons (Fsp3) is 0.357. The lowest BCUT2D eigenvalue weighted by molar-refractivity contribution is 0.0542. The highest BCUT2D eigenvalue weighted by molar-refractivity contribution is 5.23. The quantitative estimate of drug-likeness (QED) is 0.902. The number of imidazole rings is 1. The Morgan fingerprint density at radius 2 is 2.22 bits per heavy atom. The van der Waals surface area contributed by atoms with Crippen molar-refractivity contribution in [3.05, 3.63) is 53.9 Å². The minimum absolute atomic E-state index is 0.341. The molecule has 1 atom stereocenters. The maximum absolute atomic E-state index is 13.2. The molecule has 0 saturated heterocycles. The topological polar surface area (TPSA) is 38.0 Å². The maximum atomic E-state index is 13.2. The SMILES string of the molecule is CCn1ccnc1CC(C)(O)c1cccc(F)c1. The number of aromatic nitrogens is 2. The highest BCUT2D eigenvalue weighted by Gasteiger charge is 2.25. The third-order valence-corrected chi connectivity index (χ3v) is 3.09. The molecule has 18 heavy (non-hydrogen) atoms. The number of nitrogens with zero attached hydrogens (tertiary/aromatic N) is 2. The highest BCUT2D eigenvalue weighted by atomic mass is 19.1. The van der Waals surface area contributed by atoms with Gasteiger partial charge in [-0.05, 0) is 31.5 Å². The van der Waals surface area contributed by atoms with E-state index in [1.54, 1.807) is 25.3 Å². The second kappa shape index (κ2) is 4.90. The van der Waals surface area contributed by atoms with E-state index in [0.717, 1.165) is 12.4 Å². The average molecular weight is 248 g/mol. The van der Waals surface area contributed by atoms with Gasteiger partial charge >= 0.3 is 0 Å². The summed E-state index contributed by atoms with van der Waals surface area (Å²) in [6.07, 6.45) is 3.94. The fourth-order valence-electron chi connectivity index (χ4n) is 2.03. The van der Waals surface area contributed by atoms with Crippen LogP contribution in [0.2, 0.25) is 0 Å². The molecule has 1 aromatic heterocycles. The lowest BCUT2D eigenvalue weighted by Gasteiger charge is -2.23. The van der Waals surface area contributed by atoms with Gasteiger partial charge in [-0.3, -0.25) is 0 Å². The lowest BCUT2D eigenvalue weighted by Crippen LogP contribution is -2.26. The predicted octanol–water partition coefficient (Wildman–Crippen LogP) is 2.49.